The van der Waals surface area contributed by atoms with Gasteiger partial charge in [0.05, 0.1) is 26.8 Å². The van der Waals surface area contributed by atoms with Crippen LogP contribution in [-0.4, -0.2) is 38.6 Å². The van der Waals surface area contributed by atoms with Gasteiger partial charge in [-0.3, -0.25) is 4.79 Å². The summed E-state index contributed by atoms with van der Waals surface area (Å²) in [6, 6.07) is 8.97. The molecule has 0 atom stereocenters. The molecule has 0 aliphatic heterocycles. The zero-order chi connectivity index (χ0) is 23.4. The number of alkyl halides is 3. The molecule has 4 aromatic rings. The Morgan fingerprint density at radius 2 is 1.97 bits per heavy atom. The highest BCUT2D eigenvalue weighted by Crippen LogP contribution is 2.34. The number of carbonyl (C=O) groups is 2. The van der Waals surface area contributed by atoms with Crippen molar-refractivity contribution in [2.75, 3.05) is 5.32 Å². The van der Waals surface area contributed by atoms with Gasteiger partial charge in [-0.2, -0.15) is 0 Å². The van der Waals surface area contributed by atoms with Crippen molar-refractivity contribution in [3.8, 4) is 5.75 Å². The van der Waals surface area contributed by atoms with Crippen molar-refractivity contribution in [1.29, 1.82) is 0 Å². The molecule has 8 nitrogen and oxygen atoms in total. The number of carbonyl (C=O) groups excluding carboxylic acids is 2. The molecule has 2 aromatic carbocycles. The van der Waals surface area contributed by atoms with Crippen LogP contribution in [0.3, 0.4) is 0 Å². The van der Waals surface area contributed by atoms with E-state index in [0.717, 1.165) is 23.1 Å². The summed E-state index contributed by atoms with van der Waals surface area (Å²) in [5, 5.41) is 6.26. The fourth-order valence-electron chi connectivity index (χ4n) is 3.41. The molecule has 1 fully saturated rings. The first kappa shape index (κ1) is 21.2. The highest BCUT2D eigenvalue weighted by atomic mass is 32.1. The van der Waals surface area contributed by atoms with Crippen LogP contribution < -0.4 is 15.4 Å². The fraction of sp³-hybridized carbons (Fsp3) is 0.238. The molecule has 1 aliphatic rings. The van der Waals surface area contributed by atoms with Gasteiger partial charge in [-0.05, 0) is 43.2 Å². The summed E-state index contributed by atoms with van der Waals surface area (Å²) < 4.78 is 43.6. The van der Waals surface area contributed by atoms with Crippen LogP contribution in [-0.2, 0) is 11.8 Å². The molecule has 0 saturated heterocycles. The van der Waals surface area contributed by atoms with Crippen molar-refractivity contribution in [2.24, 2.45) is 7.05 Å². The Hall–Kier alpha value is -3.67. The summed E-state index contributed by atoms with van der Waals surface area (Å²) in [5.74, 6) is -0.217. The standard InChI is InChI=1S/C21H16F3N5O3S/c1-29-15-5-2-11(17(31)28-20(10-30)6-7-20)8-14(15)25-18(29)27-19-26-13-4-3-12(9-16(13)33-19)32-21(22,23)24/h2-5,8-10H,6-7H2,1H3,(H,28,31)(H,25,26,27). The van der Waals surface area contributed by atoms with E-state index in [1.54, 1.807) is 29.8 Å². The van der Waals surface area contributed by atoms with Crippen LogP contribution in [0.2, 0.25) is 0 Å². The van der Waals surface area contributed by atoms with Gasteiger partial charge in [0, 0.05) is 18.7 Å². The lowest BCUT2D eigenvalue weighted by molar-refractivity contribution is -0.274. The van der Waals surface area contributed by atoms with Crippen LogP contribution in [0.5, 0.6) is 5.75 Å². The lowest BCUT2D eigenvalue weighted by Crippen LogP contribution is -2.37. The Morgan fingerprint density at radius 1 is 1.18 bits per heavy atom. The van der Waals surface area contributed by atoms with E-state index in [4.69, 9.17) is 0 Å². The van der Waals surface area contributed by atoms with Crippen LogP contribution >= 0.6 is 11.3 Å². The number of halogens is 3. The molecule has 5 rings (SSSR count). The van der Waals surface area contributed by atoms with Gasteiger partial charge < -0.3 is 24.7 Å². The van der Waals surface area contributed by atoms with Gasteiger partial charge in [-0.1, -0.05) is 11.3 Å². The highest BCUT2D eigenvalue weighted by molar-refractivity contribution is 7.22. The summed E-state index contributed by atoms with van der Waals surface area (Å²) >= 11 is 1.15. The Kier molecular flexibility index (Phi) is 4.78. The molecule has 1 saturated carbocycles. The zero-order valence-corrected chi connectivity index (χ0v) is 17.9. The number of imidazole rings is 1. The predicted molar refractivity (Wildman–Crippen MR) is 116 cm³/mol. The van der Waals surface area contributed by atoms with E-state index >= 15 is 0 Å². The lowest BCUT2D eigenvalue weighted by atomic mass is 10.1. The van der Waals surface area contributed by atoms with Crippen molar-refractivity contribution < 1.29 is 27.5 Å². The molecule has 2 aromatic heterocycles. The van der Waals surface area contributed by atoms with E-state index in [0.29, 0.717) is 45.2 Å². The Bertz CT molecular complexity index is 1410. The number of anilines is 2. The first-order chi connectivity index (χ1) is 15.6. The van der Waals surface area contributed by atoms with Crippen molar-refractivity contribution in [3.63, 3.8) is 0 Å². The van der Waals surface area contributed by atoms with Crippen LogP contribution in [0, 0.1) is 0 Å². The number of fused-ring (bicyclic) bond motifs is 2. The van der Waals surface area contributed by atoms with Gasteiger partial charge in [-0.15, -0.1) is 13.2 Å². The molecular formula is C21H16F3N5O3S. The molecule has 1 aliphatic carbocycles. The normalized spacial score (nSPS) is 14.9. The minimum absolute atomic E-state index is 0.318. The number of hydrogen-bond acceptors (Lipinski definition) is 7. The maximum absolute atomic E-state index is 12.5. The minimum atomic E-state index is -4.77. The first-order valence-electron chi connectivity index (χ1n) is 9.83. The van der Waals surface area contributed by atoms with E-state index in [1.807, 2.05) is 0 Å². The number of aryl methyl sites for hydroxylation is 1. The van der Waals surface area contributed by atoms with E-state index in [9.17, 15) is 22.8 Å². The number of thiazole rings is 1. The Balaban J connectivity index is 1.39. The number of benzene rings is 2. The van der Waals surface area contributed by atoms with Crippen LogP contribution in [0.25, 0.3) is 21.3 Å². The number of nitrogens with one attached hydrogen (secondary N) is 2. The summed E-state index contributed by atoms with van der Waals surface area (Å²) in [4.78, 5) is 32.5. The van der Waals surface area contributed by atoms with Crippen molar-refractivity contribution in [3.05, 3.63) is 42.0 Å². The second-order valence-electron chi connectivity index (χ2n) is 7.75. The maximum Gasteiger partial charge on any atom is 0.573 e. The van der Waals surface area contributed by atoms with E-state index in [-0.39, 0.29) is 11.7 Å². The molecule has 1 amide bonds. The second kappa shape index (κ2) is 7.44. The molecule has 0 spiro atoms. The Morgan fingerprint density at radius 3 is 2.67 bits per heavy atom. The van der Waals surface area contributed by atoms with Gasteiger partial charge in [0.2, 0.25) is 5.95 Å². The largest absolute Gasteiger partial charge is 0.573 e. The quantitative estimate of drug-likeness (QED) is 0.404. The number of nitrogens with zero attached hydrogens (tertiary/aromatic N) is 3. The molecule has 0 bridgehead atoms. The van der Waals surface area contributed by atoms with E-state index in [1.165, 1.54) is 18.2 Å². The van der Waals surface area contributed by atoms with Crippen molar-refractivity contribution >= 4 is 55.9 Å². The van der Waals surface area contributed by atoms with Gasteiger partial charge in [0.15, 0.2) is 5.13 Å². The zero-order valence-electron chi connectivity index (χ0n) is 17.1. The van der Waals surface area contributed by atoms with Gasteiger partial charge in [0.25, 0.3) is 5.91 Å². The van der Waals surface area contributed by atoms with Gasteiger partial charge in [0.1, 0.15) is 12.0 Å². The van der Waals surface area contributed by atoms with Crippen molar-refractivity contribution in [1.82, 2.24) is 19.9 Å². The topological polar surface area (TPSA) is 98.1 Å². The third kappa shape index (κ3) is 4.21. The molecule has 2 heterocycles. The number of ether oxygens (including phenoxy) is 1. The van der Waals surface area contributed by atoms with Crippen LogP contribution in [0.4, 0.5) is 24.3 Å². The smallest absolute Gasteiger partial charge is 0.406 e. The molecule has 0 unspecified atom stereocenters. The summed E-state index contributed by atoms with van der Waals surface area (Å²) in [6.45, 7) is 0. The number of hydrogen-bond donors (Lipinski definition) is 2. The summed E-state index contributed by atoms with van der Waals surface area (Å²) in [6.07, 6.45) is -2.74. The maximum atomic E-state index is 12.5. The first-order valence-corrected chi connectivity index (χ1v) is 10.7. The van der Waals surface area contributed by atoms with Gasteiger partial charge >= 0.3 is 6.36 Å². The average Bonchev–Trinajstić information content (AvgIpc) is 3.31. The predicted octanol–water partition coefficient (Wildman–Crippen LogP) is 4.29. The fourth-order valence-corrected chi connectivity index (χ4v) is 4.30. The molecular weight excluding hydrogens is 459 g/mol. The minimum Gasteiger partial charge on any atom is -0.406 e. The number of aldehydes is 1. The third-order valence-electron chi connectivity index (χ3n) is 5.33. The highest BCUT2D eigenvalue weighted by Gasteiger charge is 2.44. The molecule has 2 N–H and O–H groups in total. The lowest BCUT2D eigenvalue weighted by Gasteiger charge is -2.10. The molecule has 0 radical (unpaired) electrons. The second-order valence-corrected chi connectivity index (χ2v) is 8.78. The van der Waals surface area contributed by atoms with Crippen LogP contribution in [0.15, 0.2) is 36.4 Å². The average molecular weight is 475 g/mol. The Labute approximate surface area is 188 Å². The van der Waals surface area contributed by atoms with E-state index < -0.39 is 11.9 Å². The third-order valence-corrected chi connectivity index (χ3v) is 6.27. The molecule has 12 heteroatoms. The monoisotopic (exact) mass is 475 g/mol. The number of aromatic nitrogens is 3. The van der Waals surface area contributed by atoms with Crippen LogP contribution in [0.1, 0.15) is 23.2 Å². The van der Waals surface area contributed by atoms with E-state index in [2.05, 4.69) is 25.3 Å². The molecule has 170 valence electrons. The number of amides is 1. The summed E-state index contributed by atoms with van der Waals surface area (Å²) in [5.41, 5.74) is 1.47. The molecule has 33 heavy (non-hydrogen) atoms. The number of rotatable bonds is 6. The SMILES string of the molecule is Cn1c(Nc2nc3ccc(OC(F)(F)F)cc3s2)nc2cc(C(=O)NC3(C=O)CC3)ccc21. The van der Waals surface area contributed by atoms with Gasteiger partial charge in [-0.25, -0.2) is 9.97 Å². The van der Waals surface area contributed by atoms with Crippen molar-refractivity contribution in [2.45, 2.75) is 24.7 Å². The summed E-state index contributed by atoms with van der Waals surface area (Å²) in [7, 11) is 1.78.